The average Bonchev–Trinajstić information content (AvgIpc) is 3.24. The van der Waals surface area contributed by atoms with Gasteiger partial charge in [-0.25, -0.2) is 0 Å². The summed E-state index contributed by atoms with van der Waals surface area (Å²) in [5.74, 6) is 0.395. The third-order valence-electron chi connectivity index (χ3n) is 4.50. The van der Waals surface area contributed by atoms with Gasteiger partial charge in [-0.1, -0.05) is 0 Å². The molecule has 0 saturated heterocycles. The number of nitrogens with zero attached hydrogens (tertiary/aromatic N) is 2. The molecule has 3 heterocycles. The van der Waals surface area contributed by atoms with E-state index < -0.39 is 0 Å². The van der Waals surface area contributed by atoms with Gasteiger partial charge in [-0.2, -0.15) is 0 Å². The van der Waals surface area contributed by atoms with Crippen molar-refractivity contribution in [2.75, 3.05) is 18.0 Å². The molecule has 5 nitrogen and oxygen atoms in total. The molecular weight excluding hydrogens is 322 g/mol. The molecule has 24 heavy (non-hydrogen) atoms. The summed E-state index contributed by atoms with van der Waals surface area (Å²) in [7, 11) is 0. The van der Waals surface area contributed by atoms with Gasteiger partial charge in [0.15, 0.2) is 0 Å². The van der Waals surface area contributed by atoms with E-state index in [1.807, 2.05) is 23.1 Å². The van der Waals surface area contributed by atoms with E-state index in [-0.39, 0.29) is 17.7 Å². The second-order valence-electron chi connectivity index (χ2n) is 6.29. The number of fused-ring (bicyclic) bond motifs is 1. The van der Waals surface area contributed by atoms with Crippen molar-refractivity contribution in [3.63, 3.8) is 0 Å². The Morgan fingerprint density at radius 1 is 1.29 bits per heavy atom. The molecule has 2 amide bonds. The third kappa shape index (κ3) is 3.06. The number of anilines is 1. The van der Waals surface area contributed by atoms with Gasteiger partial charge in [-0.05, 0) is 43.0 Å². The number of pyridine rings is 1. The van der Waals surface area contributed by atoms with Gasteiger partial charge in [0.2, 0.25) is 5.91 Å². The standard InChI is InChI=1S/C18H19N3O2S/c22-17(20-9-5-12-3-7-19-8-4-12)16-11-14-15(24-16)6-10-21(14)18(23)13-1-2-13/h3-4,7-8,11,13H,1-2,5-6,9-10H2,(H,20,22). The first-order chi connectivity index (χ1) is 11.7. The van der Waals surface area contributed by atoms with Crippen LogP contribution in [0.25, 0.3) is 0 Å². The summed E-state index contributed by atoms with van der Waals surface area (Å²) < 4.78 is 0. The maximum Gasteiger partial charge on any atom is 0.261 e. The summed E-state index contributed by atoms with van der Waals surface area (Å²) in [6, 6.07) is 5.79. The molecule has 0 bridgehead atoms. The highest BCUT2D eigenvalue weighted by molar-refractivity contribution is 7.14. The molecule has 0 radical (unpaired) electrons. The predicted octanol–water partition coefficient (Wildman–Crippen LogP) is 2.41. The van der Waals surface area contributed by atoms with Crippen LogP contribution in [0.5, 0.6) is 0 Å². The van der Waals surface area contributed by atoms with Crippen LogP contribution in [0.2, 0.25) is 0 Å². The van der Waals surface area contributed by atoms with E-state index in [9.17, 15) is 9.59 Å². The molecule has 0 aromatic carbocycles. The van der Waals surface area contributed by atoms with Crippen molar-refractivity contribution in [3.05, 3.63) is 45.9 Å². The van der Waals surface area contributed by atoms with Crippen LogP contribution in [0.15, 0.2) is 30.6 Å². The Labute approximate surface area is 144 Å². The Kier molecular flexibility index (Phi) is 4.06. The Morgan fingerprint density at radius 3 is 2.83 bits per heavy atom. The maximum absolute atomic E-state index is 12.3. The smallest absolute Gasteiger partial charge is 0.261 e. The summed E-state index contributed by atoms with van der Waals surface area (Å²) in [6.07, 6.45) is 7.18. The second kappa shape index (κ2) is 6.36. The molecule has 1 saturated carbocycles. The largest absolute Gasteiger partial charge is 0.351 e. The first-order valence-electron chi connectivity index (χ1n) is 8.33. The monoisotopic (exact) mass is 341 g/mol. The van der Waals surface area contributed by atoms with Gasteiger partial charge in [0, 0.05) is 42.7 Å². The van der Waals surface area contributed by atoms with E-state index in [1.165, 1.54) is 11.3 Å². The zero-order valence-electron chi connectivity index (χ0n) is 13.3. The first kappa shape index (κ1) is 15.3. The highest BCUT2D eigenvalue weighted by Gasteiger charge is 2.37. The van der Waals surface area contributed by atoms with E-state index in [2.05, 4.69) is 10.3 Å². The quantitative estimate of drug-likeness (QED) is 0.908. The van der Waals surface area contributed by atoms with E-state index in [0.717, 1.165) is 48.4 Å². The van der Waals surface area contributed by atoms with Crippen molar-refractivity contribution in [2.45, 2.75) is 25.7 Å². The van der Waals surface area contributed by atoms with Crippen LogP contribution < -0.4 is 10.2 Å². The number of carbonyl (C=O) groups is 2. The van der Waals surface area contributed by atoms with Crippen LogP contribution in [-0.2, 0) is 17.6 Å². The zero-order chi connectivity index (χ0) is 16.5. The van der Waals surface area contributed by atoms with Gasteiger partial charge in [-0.15, -0.1) is 11.3 Å². The van der Waals surface area contributed by atoms with E-state index >= 15 is 0 Å². The number of carbonyl (C=O) groups excluding carboxylic acids is 2. The lowest BCUT2D eigenvalue weighted by molar-refractivity contribution is -0.119. The zero-order valence-corrected chi connectivity index (χ0v) is 14.1. The topological polar surface area (TPSA) is 62.3 Å². The molecule has 2 aromatic heterocycles. The molecule has 0 atom stereocenters. The van der Waals surface area contributed by atoms with Gasteiger partial charge in [-0.3, -0.25) is 14.6 Å². The first-order valence-corrected chi connectivity index (χ1v) is 9.15. The van der Waals surface area contributed by atoms with Crippen LogP contribution >= 0.6 is 11.3 Å². The van der Waals surface area contributed by atoms with Crippen LogP contribution in [0.4, 0.5) is 5.69 Å². The average molecular weight is 341 g/mol. The fraction of sp³-hybridized carbons (Fsp3) is 0.389. The van der Waals surface area contributed by atoms with Crippen molar-refractivity contribution >= 4 is 28.8 Å². The molecule has 0 unspecified atom stereocenters. The van der Waals surface area contributed by atoms with Crippen molar-refractivity contribution in [1.29, 1.82) is 0 Å². The van der Waals surface area contributed by atoms with Gasteiger partial charge in [0.05, 0.1) is 10.6 Å². The van der Waals surface area contributed by atoms with E-state index in [4.69, 9.17) is 0 Å². The molecular formula is C18H19N3O2S. The number of amides is 2. The van der Waals surface area contributed by atoms with Gasteiger partial charge in [0.1, 0.15) is 0 Å². The van der Waals surface area contributed by atoms with Crippen LogP contribution in [0.3, 0.4) is 0 Å². The molecule has 0 spiro atoms. The molecule has 6 heteroatoms. The second-order valence-corrected chi connectivity index (χ2v) is 7.43. The van der Waals surface area contributed by atoms with Crippen LogP contribution in [0.1, 0.15) is 33.0 Å². The molecule has 2 aliphatic rings. The summed E-state index contributed by atoms with van der Waals surface area (Å²) in [5.41, 5.74) is 2.11. The fourth-order valence-electron chi connectivity index (χ4n) is 3.01. The maximum atomic E-state index is 12.3. The lowest BCUT2D eigenvalue weighted by Crippen LogP contribution is -2.30. The predicted molar refractivity (Wildman–Crippen MR) is 93.4 cm³/mol. The SMILES string of the molecule is O=C(NCCc1ccncc1)c1cc2c(s1)CCN2C(=O)C1CC1. The Hall–Kier alpha value is -2.21. The number of nitrogens with one attached hydrogen (secondary N) is 1. The molecule has 124 valence electrons. The minimum atomic E-state index is -0.0534. The number of hydrogen-bond acceptors (Lipinski definition) is 4. The lowest BCUT2D eigenvalue weighted by Gasteiger charge is -2.15. The molecule has 1 N–H and O–H groups in total. The van der Waals surface area contributed by atoms with Crippen LogP contribution in [0, 0.1) is 5.92 Å². The Bertz CT molecular complexity index is 768. The molecule has 1 aliphatic carbocycles. The summed E-state index contributed by atoms with van der Waals surface area (Å²) in [4.78, 5) is 32.4. The number of aromatic nitrogens is 1. The number of thiophene rings is 1. The highest BCUT2D eigenvalue weighted by atomic mass is 32.1. The Morgan fingerprint density at radius 2 is 2.08 bits per heavy atom. The van der Waals surface area contributed by atoms with E-state index in [1.54, 1.807) is 12.4 Å². The van der Waals surface area contributed by atoms with Gasteiger partial charge < -0.3 is 10.2 Å². The van der Waals surface area contributed by atoms with Crippen LogP contribution in [-0.4, -0.2) is 29.9 Å². The van der Waals surface area contributed by atoms with Crippen molar-refractivity contribution < 1.29 is 9.59 Å². The van der Waals surface area contributed by atoms with Crippen molar-refractivity contribution in [3.8, 4) is 0 Å². The van der Waals surface area contributed by atoms with Crippen molar-refractivity contribution in [1.82, 2.24) is 10.3 Å². The summed E-state index contributed by atoms with van der Waals surface area (Å²) >= 11 is 1.51. The number of hydrogen-bond donors (Lipinski definition) is 1. The minimum absolute atomic E-state index is 0.0534. The highest BCUT2D eigenvalue weighted by Crippen LogP contribution is 2.40. The number of rotatable bonds is 5. The lowest BCUT2D eigenvalue weighted by atomic mass is 10.2. The molecule has 1 fully saturated rings. The summed E-state index contributed by atoms with van der Waals surface area (Å²) in [6.45, 7) is 1.36. The minimum Gasteiger partial charge on any atom is -0.351 e. The van der Waals surface area contributed by atoms with E-state index in [0.29, 0.717) is 11.4 Å². The fourth-order valence-corrected chi connectivity index (χ4v) is 4.08. The van der Waals surface area contributed by atoms with Gasteiger partial charge in [0.25, 0.3) is 5.91 Å². The molecule has 4 rings (SSSR count). The normalized spacial score (nSPS) is 16.1. The Balaban J connectivity index is 1.37. The third-order valence-corrected chi connectivity index (χ3v) is 5.69. The molecule has 1 aliphatic heterocycles. The summed E-state index contributed by atoms with van der Waals surface area (Å²) in [5, 5.41) is 2.96. The molecule has 2 aromatic rings. The van der Waals surface area contributed by atoms with Gasteiger partial charge >= 0.3 is 0 Å². The van der Waals surface area contributed by atoms with Crippen molar-refractivity contribution in [2.24, 2.45) is 5.92 Å².